The molecule has 0 saturated carbocycles. The molecule has 1 atom stereocenters. The Hall–Kier alpha value is 0.130. The van der Waals surface area contributed by atoms with Crippen molar-refractivity contribution in [2.45, 2.75) is 19.8 Å². The van der Waals surface area contributed by atoms with Crippen molar-refractivity contribution in [2.24, 2.45) is 5.92 Å². The van der Waals surface area contributed by atoms with Crippen LogP contribution in [0, 0.1) is 5.92 Å². The molecule has 1 unspecified atom stereocenters. The standard InChI is InChI=1S/C11H13Br2NOS/c1-2-7-3-4-14(6-7)11(15)8-5-9(12)16-10(8)13/h5,7H,2-4,6H2,1H3. The van der Waals surface area contributed by atoms with Gasteiger partial charge in [0.05, 0.1) is 13.1 Å². The molecule has 0 aromatic carbocycles. The fourth-order valence-electron chi connectivity index (χ4n) is 2.01. The molecule has 1 saturated heterocycles. The van der Waals surface area contributed by atoms with E-state index in [1.165, 1.54) is 0 Å². The summed E-state index contributed by atoms with van der Waals surface area (Å²) < 4.78 is 1.92. The third-order valence-corrected chi connectivity index (χ3v) is 5.38. The van der Waals surface area contributed by atoms with Gasteiger partial charge in [-0.05, 0) is 50.3 Å². The maximum atomic E-state index is 12.2. The van der Waals surface area contributed by atoms with Crippen molar-refractivity contribution in [3.05, 3.63) is 19.2 Å². The molecule has 1 aliphatic heterocycles. The highest BCUT2D eigenvalue weighted by Crippen LogP contribution is 2.33. The Morgan fingerprint density at radius 1 is 1.62 bits per heavy atom. The molecule has 5 heteroatoms. The Bertz CT molecular complexity index is 405. The van der Waals surface area contributed by atoms with Crippen molar-refractivity contribution >= 4 is 49.1 Å². The molecular formula is C11H13Br2NOS. The van der Waals surface area contributed by atoms with Crippen LogP contribution in [0.5, 0.6) is 0 Å². The van der Waals surface area contributed by atoms with Gasteiger partial charge in [0.2, 0.25) is 0 Å². The van der Waals surface area contributed by atoms with Gasteiger partial charge in [0.15, 0.2) is 0 Å². The Kier molecular flexibility index (Phi) is 4.08. The van der Waals surface area contributed by atoms with Gasteiger partial charge in [-0.1, -0.05) is 13.3 Å². The van der Waals surface area contributed by atoms with Crippen molar-refractivity contribution in [2.75, 3.05) is 13.1 Å². The van der Waals surface area contributed by atoms with Crippen molar-refractivity contribution in [1.82, 2.24) is 4.90 Å². The number of hydrogen-bond donors (Lipinski definition) is 0. The summed E-state index contributed by atoms with van der Waals surface area (Å²) in [6, 6.07) is 1.90. The molecule has 16 heavy (non-hydrogen) atoms. The molecule has 1 fully saturated rings. The molecule has 0 radical (unpaired) electrons. The second kappa shape index (κ2) is 5.19. The number of hydrogen-bond acceptors (Lipinski definition) is 2. The largest absolute Gasteiger partial charge is 0.338 e. The Morgan fingerprint density at radius 2 is 2.38 bits per heavy atom. The number of carbonyl (C=O) groups is 1. The van der Waals surface area contributed by atoms with Gasteiger partial charge in [0.1, 0.15) is 0 Å². The first-order valence-corrected chi connectivity index (χ1v) is 7.76. The zero-order valence-electron chi connectivity index (χ0n) is 9.00. The number of nitrogens with zero attached hydrogens (tertiary/aromatic N) is 1. The molecule has 0 aliphatic carbocycles. The minimum absolute atomic E-state index is 0.157. The summed E-state index contributed by atoms with van der Waals surface area (Å²) in [5.74, 6) is 0.842. The van der Waals surface area contributed by atoms with Crippen LogP contribution in [0.1, 0.15) is 30.1 Å². The van der Waals surface area contributed by atoms with Gasteiger partial charge >= 0.3 is 0 Å². The summed E-state index contributed by atoms with van der Waals surface area (Å²) in [4.78, 5) is 14.2. The van der Waals surface area contributed by atoms with Crippen molar-refractivity contribution in [1.29, 1.82) is 0 Å². The smallest absolute Gasteiger partial charge is 0.255 e. The third kappa shape index (κ3) is 2.51. The number of amides is 1. The zero-order chi connectivity index (χ0) is 11.7. The van der Waals surface area contributed by atoms with E-state index in [0.29, 0.717) is 5.92 Å². The van der Waals surface area contributed by atoms with Crippen LogP contribution in [0.2, 0.25) is 0 Å². The number of carbonyl (C=O) groups excluding carboxylic acids is 1. The molecule has 2 rings (SSSR count). The second-order valence-corrected chi connectivity index (χ2v) is 7.80. The predicted molar refractivity (Wildman–Crippen MR) is 74.0 cm³/mol. The molecule has 0 spiro atoms. The highest BCUT2D eigenvalue weighted by atomic mass is 79.9. The lowest BCUT2D eigenvalue weighted by atomic mass is 10.1. The fraction of sp³-hybridized carbons (Fsp3) is 0.545. The van der Waals surface area contributed by atoms with Gasteiger partial charge in [0.25, 0.3) is 5.91 Å². The van der Waals surface area contributed by atoms with E-state index in [0.717, 1.165) is 39.1 Å². The van der Waals surface area contributed by atoms with E-state index in [9.17, 15) is 4.79 Å². The van der Waals surface area contributed by atoms with E-state index in [4.69, 9.17) is 0 Å². The SMILES string of the molecule is CCC1CCN(C(=O)c2cc(Br)sc2Br)C1. The van der Waals surface area contributed by atoms with E-state index in [1.54, 1.807) is 11.3 Å². The van der Waals surface area contributed by atoms with Crippen LogP contribution in [-0.4, -0.2) is 23.9 Å². The first-order valence-electron chi connectivity index (χ1n) is 5.36. The topological polar surface area (TPSA) is 20.3 Å². The van der Waals surface area contributed by atoms with Gasteiger partial charge < -0.3 is 4.90 Å². The number of rotatable bonds is 2. The molecule has 1 aromatic heterocycles. The van der Waals surface area contributed by atoms with Gasteiger partial charge in [-0.2, -0.15) is 0 Å². The molecular weight excluding hydrogens is 354 g/mol. The zero-order valence-corrected chi connectivity index (χ0v) is 13.0. The normalized spacial score (nSPS) is 20.4. The molecule has 0 N–H and O–H groups in total. The molecule has 1 aromatic rings. The average molecular weight is 367 g/mol. The van der Waals surface area contributed by atoms with Gasteiger partial charge in [-0.15, -0.1) is 11.3 Å². The Balaban J connectivity index is 2.11. The van der Waals surface area contributed by atoms with E-state index in [-0.39, 0.29) is 5.91 Å². The van der Waals surface area contributed by atoms with Crippen LogP contribution in [0.3, 0.4) is 0 Å². The third-order valence-electron chi connectivity index (χ3n) is 3.04. The van der Waals surface area contributed by atoms with Gasteiger partial charge in [0, 0.05) is 13.1 Å². The van der Waals surface area contributed by atoms with E-state index < -0.39 is 0 Å². The highest BCUT2D eigenvalue weighted by molar-refractivity contribution is 9.12. The number of thiophene rings is 1. The van der Waals surface area contributed by atoms with Crippen LogP contribution in [0.15, 0.2) is 13.6 Å². The van der Waals surface area contributed by atoms with E-state index >= 15 is 0 Å². The maximum Gasteiger partial charge on any atom is 0.255 e. The maximum absolute atomic E-state index is 12.2. The minimum Gasteiger partial charge on any atom is -0.338 e. The lowest BCUT2D eigenvalue weighted by molar-refractivity contribution is 0.0786. The summed E-state index contributed by atoms with van der Waals surface area (Å²) in [5.41, 5.74) is 0.786. The average Bonchev–Trinajstić information content (AvgIpc) is 2.84. The summed E-state index contributed by atoms with van der Waals surface area (Å²) in [6.45, 7) is 4.00. The molecule has 1 aliphatic rings. The predicted octanol–water partition coefficient (Wildman–Crippen LogP) is 4.15. The summed E-state index contributed by atoms with van der Waals surface area (Å²) in [7, 11) is 0. The fourth-order valence-corrected chi connectivity index (χ4v) is 4.78. The molecule has 1 amide bonds. The molecule has 88 valence electrons. The van der Waals surface area contributed by atoms with Crippen molar-refractivity contribution < 1.29 is 4.79 Å². The Morgan fingerprint density at radius 3 is 2.88 bits per heavy atom. The first kappa shape index (κ1) is 12.6. The molecule has 2 heterocycles. The van der Waals surface area contributed by atoms with Crippen molar-refractivity contribution in [3.63, 3.8) is 0 Å². The molecule has 2 nitrogen and oxygen atoms in total. The quantitative estimate of drug-likeness (QED) is 0.770. The van der Waals surface area contributed by atoms with E-state index in [1.807, 2.05) is 11.0 Å². The lowest BCUT2D eigenvalue weighted by Gasteiger charge is -2.15. The first-order chi connectivity index (χ1) is 7.61. The lowest BCUT2D eigenvalue weighted by Crippen LogP contribution is -2.28. The summed E-state index contributed by atoms with van der Waals surface area (Å²) in [5, 5.41) is 0. The summed E-state index contributed by atoms with van der Waals surface area (Å²) >= 11 is 8.39. The monoisotopic (exact) mass is 365 g/mol. The van der Waals surface area contributed by atoms with E-state index in [2.05, 4.69) is 38.8 Å². The summed E-state index contributed by atoms with van der Waals surface area (Å²) in [6.07, 6.45) is 2.31. The van der Waals surface area contributed by atoms with Crippen molar-refractivity contribution in [3.8, 4) is 0 Å². The highest BCUT2D eigenvalue weighted by Gasteiger charge is 2.27. The van der Waals surface area contributed by atoms with Gasteiger partial charge in [-0.25, -0.2) is 0 Å². The van der Waals surface area contributed by atoms with Crippen LogP contribution >= 0.6 is 43.2 Å². The number of likely N-dealkylation sites (tertiary alicyclic amines) is 1. The van der Waals surface area contributed by atoms with Crippen LogP contribution < -0.4 is 0 Å². The van der Waals surface area contributed by atoms with Crippen LogP contribution in [0.4, 0.5) is 0 Å². The second-order valence-electron chi connectivity index (χ2n) is 4.05. The van der Waals surface area contributed by atoms with Gasteiger partial charge in [-0.3, -0.25) is 4.79 Å². The Labute approximate surface area is 116 Å². The van der Waals surface area contributed by atoms with Crippen LogP contribution in [-0.2, 0) is 0 Å². The van der Waals surface area contributed by atoms with Crippen LogP contribution in [0.25, 0.3) is 0 Å². The minimum atomic E-state index is 0.157. The molecule has 0 bridgehead atoms. The number of halogens is 2.